The summed E-state index contributed by atoms with van der Waals surface area (Å²) in [5, 5.41) is 5.42. The zero-order valence-corrected chi connectivity index (χ0v) is 17.2. The summed E-state index contributed by atoms with van der Waals surface area (Å²) in [4.78, 5) is 51.8. The maximum Gasteiger partial charge on any atom is 0.325 e. The Hall–Kier alpha value is -2.90. The molecule has 8 nitrogen and oxygen atoms in total. The highest BCUT2D eigenvalue weighted by molar-refractivity contribution is 6.10. The average molecular weight is 400 g/mol. The minimum atomic E-state index is -0.967. The maximum absolute atomic E-state index is 12.7. The normalized spacial score (nSPS) is 21.9. The number of urea groups is 1. The van der Waals surface area contributed by atoms with Crippen LogP contribution < -0.4 is 15.5 Å². The molecule has 2 aliphatic heterocycles. The Kier molecular flexibility index (Phi) is 5.91. The van der Waals surface area contributed by atoms with Gasteiger partial charge in [0.2, 0.25) is 11.8 Å². The monoisotopic (exact) mass is 400 g/mol. The molecule has 0 unspecified atom stereocenters. The third-order valence-electron chi connectivity index (χ3n) is 5.40. The van der Waals surface area contributed by atoms with Crippen LogP contribution in [0, 0.1) is 5.92 Å². The number of hydrogen-bond acceptors (Lipinski definition) is 4. The van der Waals surface area contributed by atoms with Crippen molar-refractivity contribution in [1.29, 1.82) is 0 Å². The van der Waals surface area contributed by atoms with E-state index in [2.05, 4.69) is 24.5 Å². The van der Waals surface area contributed by atoms with Crippen molar-refractivity contribution in [1.82, 2.24) is 10.2 Å². The Morgan fingerprint density at radius 3 is 2.48 bits per heavy atom. The summed E-state index contributed by atoms with van der Waals surface area (Å²) in [5.41, 5.74) is 0.367. The van der Waals surface area contributed by atoms with Crippen LogP contribution in [0.15, 0.2) is 24.3 Å². The van der Waals surface area contributed by atoms with Gasteiger partial charge in [-0.15, -0.1) is 0 Å². The number of amides is 5. The van der Waals surface area contributed by atoms with Crippen molar-refractivity contribution in [2.75, 3.05) is 23.3 Å². The molecule has 5 amide bonds. The molecular formula is C21H28N4O4. The fraction of sp³-hybridized carbons (Fsp3) is 0.524. The van der Waals surface area contributed by atoms with Crippen molar-refractivity contribution in [3.63, 3.8) is 0 Å². The fourth-order valence-corrected chi connectivity index (χ4v) is 3.63. The van der Waals surface area contributed by atoms with E-state index in [-0.39, 0.29) is 18.4 Å². The molecule has 2 aliphatic rings. The Morgan fingerprint density at radius 2 is 1.90 bits per heavy atom. The van der Waals surface area contributed by atoms with E-state index >= 15 is 0 Å². The van der Waals surface area contributed by atoms with Crippen molar-refractivity contribution >= 4 is 35.1 Å². The molecule has 0 spiro atoms. The first-order valence-electron chi connectivity index (χ1n) is 10.0. The van der Waals surface area contributed by atoms with Crippen LogP contribution in [0.2, 0.25) is 0 Å². The predicted octanol–water partition coefficient (Wildman–Crippen LogP) is 2.50. The van der Waals surface area contributed by atoms with E-state index < -0.39 is 17.5 Å². The molecule has 0 aromatic heterocycles. The summed E-state index contributed by atoms with van der Waals surface area (Å²) < 4.78 is 0. The first-order valence-corrected chi connectivity index (χ1v) is 10.0. The largest absolute Gasteiger partial charge is 0.325 e. The Morgan fingerprint density at radius 1 is 1.21 bits per heavy atom. The molecule has 3 rings (SSSR count). The highest BCUT2D eigenvalue weighted by Crippen LogP contribution is 2.25. The quantitative estimate of drug-likeness (QED) is 0.687. The van der Waals surface area contributed by atoms with Crippen LogP contribution in [-0.2, 0) is 14.4 Å². The number of imide groups is 1. The second kappa shape index (κ2) is 8.23. The van der Waals surface area contributed by atoms with Gasteiger partial charge in [0.25, 0.3) is 5.91 Å². The molecule has 1 atom stereocenters. The summed E-state index contributed by atoms with van der Waals surface area (Å²) in [7, 11) is 0. The van der Waals surface area contributed by atoms with E-state index in [0.717, 1.165) is 23.4 Å². The second-order valence-electron chi connectivity index (χ2n) is 8.33. The molecule has 0 bridgehead atoms. The topological polar surface area (TPSA) is 98.8 Å². The summed E-state index contributed by atoms with van der Waals surface area (Å²) >= 11 is 0. The maximum atomic E-state index is 12.7. The molecule has 0 aliphatic carbocycles. The summed E-state index contributed by atoms with van der Waals surface area (Å²) in [6.45, 7) is 6.17. The minimum absolute atomic E-state index is 0.0980. The standard InChI is InChI=1S/C21H28N4O4/c1-14(2)10-11-21(3)19(28)25(20(29)23-21)13-17(26)22-15-6-8-16(9-7-15)24-12-4-5-18(24)27/h6-9,14H,4-5,10-13H2,1-3H3,(H,22,26)(H,23,29)/t21-/m0/s1. The molecule has 1 aromatic rings. The van der Waals surface area contributed by atoms with E-state index in [1.54, 1.807) is 36.1 Å². The lowest BCUT2D eigenvalue weighted by Gasteiger charge is -2.22. The zero-order valence-electron chi connectivity index (χ0n) is 17.2. The number of anilines is 2. The van der Waals surface area contributed by atoms with E-state index in [9.17, 15) is 19.2 Å². The van der Waals surface area contributed by atoms with Gasteiger partial charge >= 0.3 is 6.03 Å². The molecule has 2 saturated heterocycles. The van der Waals surface area contributed by atoms with Crippen molar-refractivity contribution in [2.45, 2.75) is 52.0 Å². The molecule has 29 heavy (non-hydrogen) atoms. The van der Waals surface area contributed by atoms with Gasteiger partial charge in [-0.2, -0.15) is 0 Å². The van der Waals surface area contributed by atoms with Crippen LogP contribution >= 0.6 is 0 Å². The van der Waals surface area contributed by atoms with Crippen LogP contribution in [0.5, 0.6) is 0 Å². The molecule has 8 heteroatoms. The number of nitrogens with one attached hydrogen (secondary N) is 2. The van der Waals surface area contributed by atoms with Crippen molar-refractivity contribution in [3.8, 4) is 0 Å². The van der Waals surface area contributed by atoms with Gasteiger partial charge in [-0.1, -0.05) is 13.8 Å². The SMILES string of the molecule is CC(C)CC[C@]1(C)NC(=O)N(CC(=O)Nc2ccc(N3CCCC3=O)cc2)C1=O. The van der Waals surface area contributed by atoms with Gasteiger partial charge < -0.3 is 15.5 Å². The van der Waals surface area contributed by atoms with Crippen molar-refractivity contribution in [3.05, 3.63) is 24.3 Å². The summed E-state index contributed by atoms with van der Waals surface area (Å²) in [5.74, 6) is -0.318. The van der Waals surface area contributed by atoms with Gasteiger partial charge in [-0.25, -0.2) is 4.79 Å². The van der Waals surface area contributed by atoms with E-state index in [1.165, 1.54) is 0 Å². The molecule has 0 saturated carbocycles. The van der Waals surface area contributed by atoms with E-state index in [1.807, 2.05) is 0 Å². The lowest BCUT2D eigenvalue weighted by Crippen LogP contribution is -2.44. The van der Waals surface area contributed by atoms with Crippen LogP contribution in [0.4, 0.5) is 16.2 Å². The number of hydrogen-bond donors (Lipinski definition) is 2. The van der Waals surface area contributed by atoms with E-state index in [0.29, 0.717) is 31.0 Å². The molecule has 2 fully saturated rings. The van der Waals surface area contributed by atoms with Crippen LogP contribution in [0.1, 0.15) is 46.5 Å². The van der Waals surface area contributed by atoms with Gasteiger partial charge in [-0.3, -0.25) is 19.3 Å². The van der Waals surface area contributed by atoms with Gasteiger partial charge in [0, 0.05) is 24.3 Å². The molecule has 2 heterocycles. The lowest BCUT2D eigenvalue weighted by molar-refractivity contribution is -0.133. The van der Waals surface area contributed by atoms with Gasteiger partial charge in [0.05, 0.1) is 0 Å². The third kappa shape index (κ3) is 4.58. The predicted molar refractivity (Wildman–Crippen MR) is 109 cm³/mol. The van der Waals surface area contributed by atoms with Crippen LogP contribution in [-0.4, -0.2) is 47.3 Å². The Bertz CT molecular complexity index is 820. The number of carbonyl (C=O) groups is 4. The fourth-order valence-electron chi connectivity index (χ4n) is 3.63. The first kappa shape index (κ1) is 20.8. The van der Waals surface area contributed by atoms with Crippen LogP contribution in [0.3, 0.4) is 0 Å². The Balaban J connectivity index is 1.58. The van der Waals surface area contributed by atoms with Crippen molar-refractivity contribution in [2.24, 2.45) is 5.92 Å². The number of nitrogens with zero attached hydrogens (tertiary/aromatic N) is 2. The number of carbonyl (C=O) groups excluding carboxylic acids is 4. The lowest BCUT2D eigenvalue weighted by atomic mass is 9.92. The molecule has 2 N–H and O–H groups in total. The van der Waals surface area contributed by atoms with Crippen molar-refractivity contribution < 1.29 is 19.2 Å². The zero-order chi connectivity index (χ0) is 21.2. The molecule has 1 aromatic carbocycles. The Labute approximate surface area is 170 Å². The average Bonchev–Trinajstić information content (AvgIpc) is 3.18. The number of rotatable bonds is 7. The summed E-state index contributed by atoms with van der Waals surface area (Å²) in [6.07, 6.45) is 2.73. The first-order chi connectivity index (χ1) is 13.7. The van der Waals surface area contributed by atoms with Gasteiger partial charge in [-0.05, 0) is 56.4 Å². The van der Waals surface area contributed by atoms with Crippen LogP contribution in [0.25, 0.3) is 0 Å². The smallest absolute Gasteiger partial charge is 0.325 e. The number of benzene rings is 1. The molecule has 0 radical (unpaired) electrons. The highest BCUT2D eigenvalue weighted by atomic mass is 16.2. The summed E-state index contributed by atoms with van der Waals surface area (Å²) in [6, 6.07) is 6.42. The highest BCUT2D eigenvalue weighted by Gasteiger charge is 2.47. The second-order valence-corrected chi connectivity index (χ2v) is 8.33. The third-order valence-corrected chi connectivity index (χ3v) is 5.40. The van der Waals surface area contributed by atoms with Gasteiger partial charge in [0.15, 0.2) is 0 Å². The van der Waals surface area contributed by atoms with Gasteiger partial charge in [0.1, 0.15) is 12.1 Å². The van der Waals surface area contributed by atoms with E-state index in [4.69, 9.17) is 0 Å². The molecular weight excluding hydrogens is 372 g/mol. The minimum Gasteiger partial charge on any atom is -0.325 e. The molecule has 156 valence electrons.